The van der Waals surface area contributed by atoms with Crippen LogP contribution in [0.2, 0.25) is 0 Å². The van der Waals surface area contributed by atoms with Gasteiger partial charge in [-0.2, -0.15) is 0 Å². The maximum absolute atomic E-state index is 13.5. The molecule has 0 radical (unpaired) electrons. The van der Waals surface area contributed by atoms with Crippen molar-refractivity contribution in [2.24, 2.45) is 11.8 Å². The lowest BCUT2D eigenvalue weighted by molar-refractivity contribution is -0.122. The number of rotatable bonds is 3. The Labute approximate surface area is 166 Å². The second-order valence-corrected chi connectivity index (χ2v) is 8.17. The third kappa shape index (κ3) is 2.51. The van der Waals surface area contributed by atoms with Gasteiger partial charge in [0.15, 0.2) is 0 Å². The molecule has 2 bridgehead atoms. The number of carbonyl (C=O) groups excluding carboxylic acids is 1. The molecule has 3 aromatic rings. The summed E-state index contributed by atoms with van der Waals surface area (Å²) in [5.41, 5.74) is 7.58. The highest BCUT2D eigenvalue weighted by Crippen LogP contribution is 2.59. The van der Waals surface area contributed by atoms with Crippen molar-refractivity contribution in [2.45, 2.75) is 32.1 Å². The second kappa shape index (κ2) is 6.63. The molecule has 6 rings (SSSR count). The summed E-state index contributed by atoms with van der Waals surface area (Å²) in [6.45, 7) is 4.29. The Morgan fingerprint density at radius 3 is 1.79 bits per heavy atom. The maximum atomic E-state index is 13.5. The largest absolute Gasteiger partial charge is 0.326 e. The van der Waals surface area contributed by atoms with E-state index in [4.69, 9.17) is 0 Å². The van der Waals surface area contributed by atoms with Crippen LogP contribution in [0.5, 0.6) is 0 Å². The summed E-state index contributed by atoms with van der Waals surface area (Å²) in [5.74, 6) is 0.861. The lowest BCUT2D eigenvalue weighted by atomic mass is 9.53. The van der Waals surface area contributed by atoms with E-state index in [1.54, 1.807) is 0 Å². The van der Waals surface area contributed by atoms with Crippen molar-refractivity contribution in [3.8, 4) is 0 Å². The molecule has 3 aliphatic carbocycles. The first-order valence-corrected chi connectivity index (χ1v) is 10.2. The van der Waals surface area contributed by atoms with Gasteiger partial charge in [0.05, 0.1) is 5.92 Å². The minimum atomic E-state index is -0.0406. The molecular formula is C26H25NO. The predicted molar refractivity (Wildman–Crippen MR) is 114 cm³/mol. The van der Waals surface area contributed by atoms with E-state index in [9.17, 15) is 4.79 Å². The van der Waals surface area contributed by atoms with Crippen molar-refractivity contribution in [3.63, 3.8) is 0 Å². The zero-order chi connectivity index (χ0) is 19.3. The normalized spacial score (nSPS) is 24.4. The first kappa shape index (κ1) is 17.2. The van der Waals surface area contributed by atoms with Crippen LogP contribution < -0.4 is 5.32 Å². The number of aryl methyl sites for hydroxylation is 1. The maximum Gasteiger partial charge on any atom is 0.228 e. The lowest BCUT2D eigenvalue weighted by Crippen LogP contribution is -2.45. The fourth-order valence-electron chi connectivity index (χ4n) is 5.49. The summed E-state index contributed by atoms with van der Waals surface area (Å²) in [4.78, 5) is 13.5. The summed E-state index contributed by atoms with van der Waals surface area (Å²) >= 11 is 0. The van der Waals surface area contributed by atoms with Gasteiger partial charge in [0.1, 0.15) is 0 Å². The lowest BCUT2D eigenvalue weighted by Gasteiger charge is -2.50. The highest BCUT2D eigenvalue weighted by atomic mass is 16.1. The summed E-state index contributed by atoms with van der Waals surface area (Å²) in [5, 5.41) is 3.21. The van der Waals surface area contributed by atoms with Gasteiger partial charge < -0.3 is 5.32 Å². The summed E-state index contributed by atoms with van der Waals surface area (Å²) in [7, 11) is 0. The second-order valence-electron chi connectivity index (χ2n) is 8.17. The van der Waals surface area contributed by atoms with Crippen LogP contribution in [-0.2, 0) is 4.79 Å². The van der Waals surface area contributed by atoms with Gasteiger partial charge >= 0.3 is 0 Å². The first-order valence-electron chi connectivity index (χ1n) is 10.2. The number of fused-ring (bicyclic) bond motifs is 1. The fraction of sp³-hybridized carbons (Fsp3) is 0.269. The monoisotopic (exact) mass is 367 g/mol. The topological polar surface area (TPSA) is 29.1 Å². The molecule has 28 heavy (non-hydrogen) atoms. The molecule has 0 fully saturated rings. The van der Waals surface area contributed by atoms with Gasteiger partial charge in [-0.1, -0.05) is 79.6 Å². The number of benzene rings is 3. The smallest absolute Gasteiger partial charge is 0.228 e. The molecule has 0 aromatic heterocycles. The Hall–Kier alpha value is -2.87. The standard InChI is InChI=1S/C26H25NO/c1-3-18-23-19-8-4-6-10-21(19)24(22-11-7-5-9-20(22)23)25(18)26(28)27-17-14-12-16(2)13-15-17/h4-15,18,23-25H,3H2,1-2H3,(H,27,28). The number of nitrogens with one attached hydrogen (secondary N) is 1. The van der Waals surface area contributed by atoms with Gasteiger partial charge in [0.2, 0.25) is 5.91 Å². The zero-order valence-corrected chi connectivity index (χ0v) is 16.4. The average molecular weight is 367 g/mol. The molecule has 0 saturated heterocycles. The molecule has 1 N–H and O–H groups in total. The Morgan fingerprint density at radius 2 is 1.29 bits per heavy atom. The fourth-order valence-corrected chi connectivity index (χ4v) is 5.49. The molecule has 2 atom stereocenters. The van der Waals surface area contributed by atoms with E-state index in [2.05, 4.69) is 67.7 Å². The Balaban J connectivity index is 1.61. The highest BCUT2D eigenvalue weighted by Gasteiger charge is 2.51. The van der Waals surface area contributed by atoms with E-state index >= 15 is 0 Å². The molecule has 2 unspecified atom stereocenters. The van der Waals surface area contributed by atoms with Crippen molar-refractivity contribution in [1.82, 2.24) is 0 Å². The van der Waals surface area contributed by atoms with Crippen molar-refractivity contribution in [3.05, 3.63) is 101 Å². The predicted octanol–water partition coefficient (Wildman–Crippen LogP) is 5.87. The Kier molecular flexibility index (Phi) is 4.08. The molecule has 3 aliphatic rings. The van der Waals surface area contributed by atoms with Gasteiger partial charge in [0, 0.05) is 17.5 Å². The molecule has 0 saturated carbocycles. The minimum Gasteiger partial charge on any atom is -0.326 e. The third-order valence-electron chi connectivity index (χ3n) is 6.67. The van der Waals surface area contributed by atoms with E-state index in [1.807, 2.05) is 24.3 Å². The van der Waals surface area contributed by atoms with Crippen LogP contribution in [-0.4, -0.2) is 5.91 Å². The molecule has 0 heterocycles. The van der Waals surface area contributed by atoms with Crippen LogP contribution in [0.3, 0.4) is 0 Å². The van der Waals surface area contributed by atoms with Crippen molar-refractivity contribution < 1.29 is 4.79 Å². The minimum absolute atomic E-state index is 0.0406. The van der Waals surface area contributed by atoms with Crippen LogP contribution in [0, 0.1) is 18.8 Å². The molecule has 2 heteroatoms. The van der Waals surface area contributed by atoms with Crippen LogP contribution in [0.15, 0.2) is 72.8 Å². The SMILES string of the molecule is CCC1C2c3ccccc3C(c3ccccc32)C1C(=O)Nc1ccc(C)cc1. The molecular weight excluding hydrogens is 342 g/mol. The number of hydrogen-bond acceptors (Lipinski definition) is 1. The van der Waals surface area contributed by atoms with Crippen LogP contribution in [0.4, 0.5) is 5.69 Å². The van der Waals surface area contributed by atoms with E-state index in [0.717, 1.165) is 12.1 Å². The third-order valence-corrected chi connectivity index (χ3v) is 6.67. The quantitative estimate of drug-likeness (QED) is 0.616. The zero-order valence-electron chi connectivity index (χ0n) is 16.4. The number of carbonyl (C=O) groups is 1. The van der Waals surface area contributed by atoms with E-state index < -0.39 is 0 Å². The number of amides is 1. The van der Waals surface area contributed by atoms with Crippen LogP contribution >= 0.6 is 0 Å². The summed E-state index contributed by atoms with van der Waals surface area (Å²) in [6.07, 6.45) is 0.996. The Morgan fingerprint density at radius 1 is 0.786 bits per heavy atom. The van der Waals surface area contributed by atoms with E-state index in [1.165, 1.54) is 27.8 Å². The van der Waals surface area contributed by atoms with Gasteiger partial charge in [0.25, 0.3) is 0 Å². The van der Waals surface area contributed by atoms with Gasteiger partial charge in [-0.3, -0.25) is 4.79 Å². The highest BCUT2D eigenvalue weighted by molar-refractivity contribution is 5.94. The molecule has 140 valence electrons. The molecule has 1 amide bonds. The van der Waals surface area contributed by atoms with E-state index in [0.29, 0.717) is 11.8 Å². The van der Waals surface area contributed by atoms with Gasteiger partial charge in [-0.05, 0) is 47.2 Å². The molecule has 0 aliphatic heterocycles. The van der Waals surface area contributed by atoms with Gasteiger partial charge in [-0.15, -0.1) is 0 Å². The summed E-state index contributed by atoms with van der Waals surface area (Å²) < 4.78 is 0. The number of anilines is 1. The average Bonchev–Trinajstić information content (AvgIpc) is 2.74. The molecule has 2 nitrogen and oxygen atoms in total. The van der Waals surface area contributed by atoms with Crippen molar-refractivity contribution >= 4 is 11.6 Å². The van der Waals surface area contributed by atoms with Crippen molar-refractivity contribution in [2.75, 3.05) is 5.32 Å². The van der Waals surface area contributed by atoms with Crippen molar-refractivity contribution in [1.29, 1.82) is 0 Å². The number of hydrogen-bond donors (Lipinski definition) is 1. The Bertz CT molecular complexity index is 989. The van der Waals surface area contributed by atoms with Gasteiger partial charge in [-0.25, -0.2) is 0 Å². The molecule has 3 aromatic carbocycles. The molecule has 0 spiro atoms. The first-order chi connectivity index (χ1) is 13.7. The van der Waals surface area contributed by atoms with Crippen LogP contribution in [0.1, 0.15) is 53.0 Å². The van der Waals surface area contributed by atoms with Crippen LogP contribution in [0.25, 0.3) is 0 Å². The van der Waals surface area contributed by atoms with E-state index in [-0.39, 0.29) is 17.7 Å². The summed E-state index contributed by atoms with van der Waals surface area (Å²) in [6, 6.07) is 25.5.